The minimum atomic E-state index is -0.451. The van der Waals surface area contributed by atoms with Gasteiger partial charge >= 0.3 is 0 Å². The molecular weight excluding hydrogens is 246 g/mol. The molecule has 0 fully saturated rings. The second kappa shape index (κ2) is 7.48. The zero-order chi connectivity index (χ0) is 14.3. The Hall–Kier alpha value is -1.95. The molecule has 1 aromatic carbocycles. The van der Waals surface area contributed by atoms with Crippen molar-refractivity contribution in [3.63, 3.8) is 0 Å². The van der Waals surface area contributed by atoms with Crippen LogP contribution < -0.4 is 10.2 Å². The molecule has 0 spiro atoms. The SMILES string of the molecule is C[NH+](C)CCCNC(=O)Cc1ccc([N+](=O)[O-])cc1. The lowest BCUT2D eigenvalue weighted by Crippen LogP contribution is -3.05. The van der Waals surface area contributed by atoms with Gasteiger partial charge in [-0.3, -0.25) is 14.9 Å². The summed E-state index contributed by atoms with van der Waals surface area (Å²) in [6, 6.07) is 6.05. The predicted octanol–water partition coefficient (Wildman–Crippen LogP) is -0.212. The number of rotatable bonds is 7. The number of hydrogen-bond donors (Lipinski definition) is 2. The number of quaternary nitrogens is 1. The normalized spacial score (nSPS) is 10.5. The maximum Gasteiger partial charge on any atom is 0.269 e. The summed E-state index contributed by atoms with van der Waals surface area (Å²) in [4.78, 5) is 23.0. The summed E-state index contributed by atoms with van der Waals surface area (Å²) in [5.41, 5.74) is 0.819. The quantitative estimate of drug-likeness (QED) is 0.407. The van der Waals surface area contributed by atoms with Crippen molar-refractivity contribution in [2.24, 2.45) is 0 Å². The van der Waals surface area contributed by atoms with E-state index in [1.807, 2.05) is 0 Å². The highest BCUT2D eigenvalue weighted by atomic mass is 16.6. The van der Waals surface area contributed by atoms with E-state index in [0.717, 1.165) is 18.5 Å². The molecule has 6 nitrogen and oxygen atoms in total. The van der Waals surface area contributed by atoms with Crippen LogP contribution in [0.1, 0.15) is 12.0 Å². The van der Waals surface area contributed by atoms with E-state index in [-0.39, 0.29) is 18.0 Å². The Labute approximate surface area is 112 Å². The molecule has 6 heteroatoms. The third-order valence-corrected chi connectivity index (χ3v) is 2.69. The van der Waals surface area contributed by atoms with Crippen LogP contribution in [-0.4, -0.2) is 38.0 Å². The maximum atomic E-state index is 11.6. The highest BCUT2D eigenvalue weighted by Gasteiger charge is 2.07. The van der Waals surface area contributed by atoms with E-state index in [2.05, 4.69) is 19.4 Å². The van der Waals surface area contributed by atoms with Crippen molar-refractivity contribution in [1.82, 2.24) is 5.32 Å². The third-order valence-electron chi connectivity index (χ3n) is 2.69. The summed E-state index contributed by atoms with van der Waals surface area (Å²) in [6.07, 6.45) is 1.20. The zero-order valence-electron chi connectivity index (χ0n) is 11.3. The van der Waals surface area contributed by atoms with Crippen molar-refractivity contribution in [3.05, 3.63) is 39.9 Å². The topological polar surface area (TPSA) is 76.7 Å². The summed E-state index contributed by atoms with van der Waals surface area (Å²) < 4.78 is 0. The number of carbonyl (C=O) groups excluding carboxylic acids is 1. The second-order valence-corrected chi connectivity index (χ2v) is 4.76. The van der Waals surface area contributed by atoms with Gasteiger partial charge in [-0.1, -0.05) is 12.1 Å². The van der Waals surface area contributed by atoms with Gasteiger partial charge in [0.05, 0.1) is 32.0 Å². The minimum absolute atomic E-state index is 0.0399. The predicted molar refractivity (Wildman–Crippen MR) is 72.1 cm³/mol. The van der Waals surface area contributed by atoms with Crippen LogP contribution in [0.4, 0.5) is 5.69 Å². The Balaban J connectivity index is 2.34. The van der Waals surface area contributed by atoms with E-state index in [1.165, 1.54) is 17.0 Å². The van der Waals surface area contributed by atoms with Crippen LogP contribution >= 0.6 is 0 Å². The number of nitrogens with zero attached hydrogens (tertiary/aromatic N) is 1. The highest BCUT2D eigenvalue weighted by molar-refractivity contribution is 5.78. The molecule has 0 aliphatic carbocycles. The van der Waals surface area contributed by atoms with E-state index >= 15 is 0 Å². The molecule has 0 radical (unpaired) electrons. The van der Waals surface area contributed by atoms with Crippen molar-refractivity contribution in [3.8, 4) is 0 Å². The lowest BCUT2D eigenvalue weighted by Gasteiger charge is -2.08. The van der Waals surface area contributed by atoms with Gasteiger partial charge in [0.1, 0.15) is 0 Å². The largest absolute Gasteiger partial charge is 0.356 e. The van der Waals surface area contributed by atoms with Gasteiger partial charge in [-0.25, -0.2) is 0 Å². The van der Waals surface area contributed by atoms with Crippen molar-refractivity contribution < 1.29 is 14.6 Å². The number of hydrogen-bond acceptors (Lipinski definition) is 3. The summed E-state index contributed by atoms with van der Waals surface area (Å²) >= 11 is 0. The van der Waals surface area contributed by atoms with E-state index in [0.29, 0.717) is 6.54 Å². The molecule has 0 aromatic heterocycles. The lowest BCUT2D eigenvalue weighted by atomic mass is 10.1. The summed E-state index contributed by atoms with van der Waals surface area (Å²) in [5, 5.41) is 13.3. The molecule has 0 heterocycles. The van der Waals surface area contributed by atoms with Gasteiger partial charge in [-0.15, -0.1) is 0 Å². The number of nitro benzene ring substituents is 1. The van der Waals surface area contributed by atoms with Crippen LogP contribution in [0.25, 0.3) is 0 Å². The number of nitro groups is 1. The monoisotopic (exact) mass is 266 g/mol. The van der Waals surface area contributed by atoms with Crippen molar-refractivity contribution in [2.75, 3.05) is 27.2 Å². The zero-order valence-corrected chi connectivity index (χ0v) is 11.3. The molecule has 0 aliphatic rings. The maximum absolute atomic E-state index is 11.6. The third kappa shape index (κ3) is 5.96. The fourth-order valence-corrected chi connectivity index (χ4v) is 1.65. The fraction of sp³-hybridized carbons (Fsp3) is 0.462. The lowest BCUT2D eigenvalue weighted by molar-refractivity contribution is -0.858. The molecule has 0 unspecified atom stereocenters. The first-order valence-electron chi connectivity index (χ1n) is 6.28. The van der Waals surface area contributed by atoms with Gasteiger partial charge in [0.2, 0.25) is 5.91 Å². The Morgan fingerprint density at radius 1 is 1.32 bits per heavy atom. The Kier molecular flexibility index (Phi) is 5.95. The first kappa shape index (κ1) is 15.1. The van der Waals surface area contributed by atoms with Crippen LogP contribution in [-0.2, 0) is 11.2 Å². The Morgan fingerprint density at radius 2 is 1.95 bits per heavy atom. The van der Waals surface area contributed by atoms with Gasteiger partial charge in [0.25, 0.3) is 5.69 Å². The average molecular weight is 266 g/mol. The molecular formula is C13H20N3O3+. The number of non-ortho nitro benzene ring substituents is 1. The molecule has 2 N–H and O–H groups in total. The van der Waals surface area contributed by atoms with Crippen molar-refractivity contribution >= 4 is 11.6 Å². The molecule has 0 saturated heterocycles. The van der Waals surface area contributed by atoms with Gasteiger partial charge in [-0.2, -0.15) is 0 Å². The molecule has 19 heavy (non-hydrogen) atoms. The van der Waals surface area contributed by atoms with Gasteiger partial charge < -0.3 is 10.2 Å². The molecule has 104 valence electrons. The summed E-state index contributed by atoms with van der Waals surface area (Å²) in [6.45, 7) is 1.68. The molecule has 0 aliphatic heterocycles. The number of nitrogens with one attached hydrogen (secondary N) is 2. The second-order valence-electron chi connectivity index (χ2n) is 4.76. The van der Waals surface area contributed by atoms with Crippen molar-refractivity contribution in [1.29, 1.82) is 0 Å². The van der Waals surface area contributed by atoms with Crippen LogP contribution in [0.15, 0.2) is 24.3 Å². The first-order chi connectivity index (χ1) is 8.99. The number of amides is 1. The van der Waals surface area contributed by atoms with Gasteiger partial charge in [0, 0.05) is 25.1 Å². The minimum Gasteiger partial charge on any atom is -0.356 e. The average Bonchev–Trinajstić information content (AvgIpc) is 2.35. The fourth-order valence-electron chi connectivity index (χ4n) is 1.65. The van der Waals surface area contributed by atoms with E-state index in [4.69, 9.17) is 0 Å². The Bertz CT molecular complexity index is 429. The molecule has 0 atom stereocenters. The standard InChI is InChI=1S/C13H19N3O3/c1-15(2)9-3-8-14-13(17)10-11-4-6-12(7-5-11)16(18)19/h4-7H,3,8-10H2,1-2H3,(H,14,17)/p+1. The number of carbonyl (C=O) groups is 1. The molecule has 0 saturated carbocycles. The summed E-state index contributed by atoms with van der Waals surface area (Å²) in [7, 11) is 4.14. The number of benzene rings is 1. The summed E-state index contributed by atoms with van der Waals surface area (Å²) in [5.74, 6) is -0.0531. The van der Waals surface area contributed by atoms with E-state index < -0.39 is 4.92 Å². The first-order valence-corrected chi connectivity index (χ1v) is 6.28. The molecule has 1 rings (SSSR count). The van der Waals surface area contributed by atoms with Crippen LogP contribution in [0.5, 0.6) is 0 Å². The highest BCUT2D eigenvalue weighted by Crippen LogP contribution is 2.12. The molecule has 1 aromatic rings. The van der Waals surface area contributed by atoms with E-state index in [1.54, 1.807) is 12.1 Å². The Morgan fingerprint density at radius 3 is 2.47 bits per heavy atom. The smallest absolute Gasteiger partial charge is 0.269 e. The molecule has 0 bridgehead atoms. The van der Waals surface area contributed by atoms with Crippen LogP contribution in [0, 0.1) is 10.1 Å². The van der Waals surface area contributed by atoms with Crippen LogP contribution in [0.3, 0.4) is 0 Å². The van der Waals surface area contributed by atoms with Gasteiger partial charge in [-0.05, 0) is 5.56 Å². The van der Waals surface area contributed by atoms with Crippen LogP contribution in [0.2, 0.25) is 0 Å². The van der Waals surface area contributed by atoms with E-state index in [9.17, 15) is 14.9 Å². The van der Waals surface area contributed by atoms with Crippen molar-refractivity contribution in [2.45, 2.75) is 12.8 Å². The van der Waals surface area contributed by atoms with Gasteiger partial charge in [0.15, 0.2) is 0 Å². The molecule has 1 amide bonds.